The van der Waals surface area contributed by atoms with Gasteiger partial charge < -0.3 is 4.98 Å². The van der Waals surface area contributed by atoms with E-state index in [2.05, 4.69) is 11.1 Å². The van der Waals surface area contributed by atoms with Crippen LogP contribution in [0.25, 0.3) is 11.1 Å². The Bertz CT molecular complexity index is 538. The van der Waals surface area contributed by atoms with E-state index in [1.54, 1.807) is 30.6 Å². The van der Waals surface area contributed by atoms with Gasteiger partial charge in [-0.25, -0.2) is 0 Å². The minimum atomic E-state index is 0.555. The molecule has 2 nitrogen and oxygen atoms in total. The minimum Gasteiger partial charge on any atom is -0.366 e. The van der Waals surface area contributed by atoms with Crippen LogP contribution in [0, 0.1) is 11.3 Å². The van der Waals surface area contributed by atoms with Crippen molar-refractivity contribution in [1.29, 1.82) is 5.26 Å². The molecule has 1 aromatic heterocycles. The van der Waals surface area contributed by atoms with Crippen LogP contribution in [0.3, 0.4) is 0 Å². The lowest BCUT2D eigenvalue weighted by Gasteiger charge is -2.02. The highest BCUT2D eigenvalue weighted by Gasteiger charge is 2.09. The first-order valence-corrected chi connectivity index (χ1v) is 5.00. The molecule has 74 valence electrons. The molecule has 0 aliphatic rings. The number of hydrogen-bond acceptors (Lipinski definition) is 1. The van der Waals surface area contributed by atoms with Crippen molar-refractivity contribution < 1.29 is 0 Å². The van der Waals surface area contributed by atoms with Gasteiger partial charge >= 0.3 is 0 Å². The van der Waals surface area contributed by atoms with Crippen molar-refractivity contribution in [2.45, 2.75) is 0 Å². The van der Waals surface area contributed by atoms with Crippen molar-refractivity contribution in [1.82, 2.24) is 4.98 Å². The maximum atomic E-state index is 8.88. The Labute approximate surface area is 97.1 Å². The smallest absolute Gasteiger partial charge is 0.101 e. The third-order valence-electron chi connectivity index (χ3n) is 2.08. The van der Waals surface area contributed by atoms with E-state index in [1.165, 1.54) is 0 Å². The molecule has 1 N–H and O–H groups in total. The van der Waals surface area contributed by atoms with Crippen molar-refractivity contribution >= 4 is 23.2 Å². The standard InChI is InChI=1S/C11H6Cl2N2/c12-8-1-2-11(13)9(3-8)10-6-15-5-7(10)4-14/h1-3,5-6,15H. The van der Waals surface area contributed by atoms with E-state index in [0.717, 1.165) is 11.1 Å². The highest BCUT2D eigenvalue weighted by molar-refractivity contribution is 6.35. The third-order valence-corrected chi connectivity index (χ3v) is 2.65. The Morgan fingerprint density at radius 2 is 1.93 bits per heavy atom. The second-order valence-electron chi connectivity index (χ2n) is 3.02. The second-order valence-corrected chi connectivity index (χ2v) is 3.86. The lowest BCUT2D eigenvalue weighted by atomic mass is 10.1. The van der Waals surface area contributed by atoms with Crippen LogP contribution in [0.5, 0.6) is 0 Å². The Balaban J connectivity index is 2.64. The molecule has 0 atom stereocenters. The van der Waals surface area contributed by atoms with E-state index in [9.17, 15) is 0 Å². The fourth-order valence-corrected chi connectivity index (χ4v) is 1.77. The van der Waals surface area contributed by atoms with Gasteiger partial charge in [-0.3, -0.25) is 0 Å². The second kappa shape index (κ2) is 3.98. The largest absolute Gasteiger partial charge is 0.366 e. The van der Waals surface area contributed by atoms with Crippen LogP contribution in [0.2, 0.25) is 10.0 Å². The highest BCUT2D eigenvalue weighted by Crippen LogP contribution is 2.32. The molecule has 15 heavy (non-hydrogen) atoms. The fraction of sp³-hybridized carbons (Fsp3) is 0. The average molecular weight is 237 g/mol. The summed E-state index contributed by atoms with van der Waals surface area (Å²) in [5.74, 6) is 0. The highest BCUT2D eigenvalue weighted by atomic mass is 35.5. The Kier molecular flexibility index (Phi) is 2.68. The SMILES string of the molecule is N#Cc1c[nH]cc1-c1cc(Cl)ccc1Cl. The van der Waals surface area contributed by atoms with Gasteiger partial charge in [0.25, 0.3) is 0 Å². The number of benzene rings is 1. The van der Waals surface area contributed by atoms with Crippen LogP contribution in [-0.4, -0.2) is 4.98 Å². The number of nitriles is 1. The zero-order chi connectivity index (χ0) is 10.8. The summed E-state index contributed by atoms with van der Waals surface area (Å²) < 4.78 is 0. The molecule has 0 aliphatic carbocycles. The average Bonchev–Trinajstić information content (AvgIpc) is 2.69. The van der Waals surface area contributed by atoms with E-state index >= 15 is 0 Å². The molecule has 4 heteroatoms. The number of rotatable bonds is 1. The summed E-state index contributed by atoms with van der Waals surface area (Å²) in [5.41, 5.74) is 2.09. The molecule has 1 aromatic carbocycles. The molecule has 1 heterocycles. The summed E-state index contributed by atoms with van der Waals surface area (Å²) in [6.45, 7) is 0. The first kappa shape index (κ1) is 10.1. The molecule has 0 spiro atoms. The van der Waals surface area contributed by atoms with E-state index in [-0.39, 0.29) is 0 Å². The van der Waals surface area contributed by atoms with Crippen molar-refractivity contribution in [3.63, 3.8) is 0 Å². The van der Waals surface area contributed by atoms with Gasteiger partial charge in [0.1, 0.15) is 6.07 Å². The van der Waals surface area contributed by atoms with Gasteiger partial charge in [0, 0.05) is 33.6 Å². The molecule has 0 unspecified atom stereocenters. The van der Waals surface area contributed by atoms with Crippen LogP contribution in [0.1, 0.15) is 5.56 Å². The predicted molar refractivity (Wildman–Crippen MR) is 61.0 cm³/mol. The van der Waals surface area contributed by atoms with Crippen molar-refractivity contribution in [3.8, 4) is 17.2 Å². The molecule has 0 fully saturated rings. The van der Waals surface area contributed by atoms with Gasteiger partial charge in [0.15, 0.2) is 0 Å². The van der Waals surface area contributed by atoms with Crippen molar-refractivity contribution in [2.75, 3.05) is 0 Å². The number of aromatic amines is 1. The van der Waals surface area contributed by atoms with Gasteiger partial charge in [0.2, 0.25) is 0 Å². The lowest BCUT2D eigenvalue weighted by molar-refractivity contribution is 1.40. The van der Waals surface area contributed by atoms with E-state index in [0.29, 0.717) is 15.6 Å². The van der Waals surface area contributed by atoms with Gasteiger partial charge in [-0.05, 0) is 18.2 Å². The van der Waals surface area contributed by atoms with E-state index in [4.69, 9.17) is 28.5 Å². The zero-order valence-corrected chi connectivity index (χ0v) is 9.10. The summed E-state index contributed by atoms with van der Waals surface area (Å²) in [4.78, 5) is 2.87. The summed E-state index contributed by atoms with van der Waals surface area (Å²) in [5, 5.41) is 10.1. The summed E-state index contributed by atoms with van der Waals surface area (Å²) in [6, 6.07) is 7.26. The molecule has 0 aliphatic heterocycles. The molecular weight excluding hydrogens is 231 g/mol. The molecule has 2 rings (SSSR count). The predicted octanol–water partition coefficient (Wildman–Crippen LogP) is 3.86. The Hall–Kier alpha value is -1.43. The molecular formula is C11H6Cl2N2. The van der Waals surface area contributed by atoms with Crippen LogP contribution < -0.4 is 0 Å². The molecule has 0 radical (unpaired) electrons. The van der Waals surface area contributed by atoms with Crippen LogP contribution in [0.4, 0.5) is 0 Å². The molecule has 0 bridgehead atoms. The molecule has 0 saturated carbocycles. The number of hydrogen-bond donors (Lipinski definition) is 1. The van der Waals surface area contributed by atoms with Crippen molar-refractivity contribution in [3.05, 3.63) is 46.2 Å². The monoisotopic (exact) mass is 236 g/mol. The molecule has 2 aromatic rings. The van der Waals surface area contributed by atoms with Gasteiger partial charge in [-0.1, -0.05) is 23.2 Å². The minimum absolute atomic E-state index is 0.555. The summed E-state index contributed by atoms with van der Waals surface area (Å²) in [7, 11) is 0. The molecule has 0 amide bonds. The number of halogens is 2. The van der Waals surface area contributed by atoms with E-state index in [1.807, 2.05) is 0 Å². The number of aromatic nitrogens is 1. The van der Waals surface area contributed by atoms with Crippen molar-refractivity contribution in [2.24, 2.45) is 0 Å². The molecule has 0 saturated heterocycles. The number of nitrogens with zero attached hydrogens (tertiary/aromatic N) is 1. The first-order chi connectivity index (χ1) is 7.22. The van der Waals surface area contributed by atoms with Gasteiger partial charge in [-0.15, -0.1) is 0 Å². The number of H-pyrrole nitrogens is 1. The zero-order valence-electron chi connectivity index (χ0n) is 7.59. The van der Waals surface area contributed by atoms with E-state index < -0.39 is 0 Å². The first-order valence-electron chi connectivity index (χ1n) is 4.24. The maximum Gasteiger partial charge on any atom is 0.101 e. The van der Waals surface area contributed by atoms with Gasteiger partial charge in [0.05, 0.1) is 5.56 Å². The summed E-state index contributed by atoms with van der Waals surface area (Å²) >= 11 is 11.9. The fourth-order valence-electron chi connectivity index (χ4n) is 1.38. The quantitative estimate of drug-likeness (QED) is 0.803. The van der Waals surface area contributed by atoms with Crippen LogP contribution in [-0.2, 0) is 0 Å². The van der Waals surface area contributed by atoms with Crippen LogP contribution >= 0.6 is 23.2 Å². The summed E-state index contributed by atoms with van der Waals surface area (Å²) in [6.07, 6.45) is 3.36. The Morgan fingerprint density at radius 1 is 1.13 bits per heavy atom. The normalized spacial score (nSPS) is 9.93. The maximum absolute atomic E-state index is 8.88. The number of nitrogens with one attached hydrogen (secondary N) is 1. The third kappa shape index (κ3) is 1.85. The Morgan fingerprint density at radius 3 is 2.67 bits per heavy atom. The lowest BCUT2D eigenvalue weighted by Crippen LogP contribution is -1.80. The van der Waals surface area contributed by atoms with Gasteiger partial charge in [-0.2, -0.15) is 5.26 Å². The topological polar surface area (TPSA) is 39.6 Å². The van der Waals surface area contributed by atoms with Crippen LogP contribution in [0.15, 0.2) is 30.6 Å².